The Hall–Kier alpha value is -1.55. The third-order valence-corrected chi connectivity index (χ3v) is 3.02. The normalized spacial score (nSPS) is 20.1. The average molecular weight is 219 g/mol. The lowest BCUT2D eigenvalue weighted by molar-refractivity contribution is 0.121. The predicted octanol–water partition coefficient (Wildman–Crippen LogP) is 1.20. The summed E-state index contributed by atoms with van der Waals surface area (Å²) in [5, 5.41) is 7.32. The molecule has 16 heavy (non-hydrogen) atoms. The van der Waals surface area contributed by atoms with Crippen molar-refractivity contribution in [1.82, 2.24) is 0 Å². The van der Waals surface area contributed by atoms with Crippen molar-refractivity contribution in [3.8, 4) is 0 Å². The predicted molar refractivity (Wildman–Crippen MR) is 65.1 cm³/mol. The summed E-state index contributed by atoms with van der Waals surface area (Å²) in [5.74, 6) is 0.114. The molecule has 0 aromatic heterocycles. The monoisotopic (exact) mass is 219 g/mol. The van der Waals surface area contributed by atoms with Gasteiger partial charge in [0.1, 0.15) is 5.84 Å². The Labute approximate surface area is 95.5 Å². The highest BCUT2D eigenvalue weighted by molar-refractivity contribution is 5.95. The van der Waals surface area contributed by atoms with Crippen LogP contribution in [0.15, 0.2) is 24.3 Å². The lowest BCUT2D eigenvalue weighted by Crippen LogP contribution is -2.22. The number of rotatable bonds is 3. The summed E-state index contributed by atoms with van der Waals surface area (Å²) in [6.07, 6.45) is 1.41. The first-order valence-electron chi connectivity index (χ1n) is 5.43. The van der Waals surface area contributed by atoms with Crippen LogP contribution in [0.4, 0.5) is 5.69 Å². The molecule has 1 aliphatic rings. The Kier molecular flexibility index (Phi) is 3.10. The van der Waals surface area contributed by atoms with E-state index in [0.29, 0.717) is 6.10 Å². The highest BCUT2D eigenvalue weighted by Crippen LogP contribution is 2.21. The Bertz CT molecular complexity index is 374. The van der Waals surface area contributed by atoms with E-state index in [-0.39, 0.29) is 5.84 Å². The largest absolute Gasteiger partial charge is 0.384 e. The molecule has 1 fully saturated rings. The molecule has 1 unspecified atom stereocenters. The van der Waals surface area contributed by atoms with E-state index in [1.54, 1.807) is 7.11 Å². The van der Waals surface area contributed by atoms with Crippen molar-refractivity contribution in [2.45, 2.75) is 12.5 Å². The van der Waals surface area contributed by atoms with Gasteiger partial charge in [0.2, 0.25) is 0 Å². The van der Waals surface area contributed by atoms with Gasteiger partial charge < -0.3 is 15.4 Å². The average Bonchev–Trinajstić information content (AvgIpc) is 2.77. The summed E-state index contributed by atoms with van der Waals surface area (Å²) in [4.78, 5) is 2.29. The quantitative estimate of drug-likeness (QED) is 0.593. The first-order chi connectivity index (χ1) is 7.70. The maximum Gasteiger partial charge on any atom is 0.122 e. The third-order valence-electron chi connectivity index (χ3n) is 3.02. The van der Waals surface area contributed by atoms with E-state index < -0.39 is 0 Å². The zero-order valence-electron chi connectivity index (χ0n) is 9.44. The van der Waals surface area contributed by atoms with Crippen molar-refractivity contribution in [3.63, 3.8) is 0 Å². The fraction of sp³-hybridized carbons (Fsp3) is 0.417. The SMILES string of the molecule is COC1CCN(c2ccc(C(=N)N)cc2)C1. The second-order valence-corrected chi connectivity index (χ2v) is 4.05. The first-order valence-corrected chi connectivity index (χ1v) is 5.43. The molecular weight excluding hydrogens is 202 g/mol. The van der Waals surface area contributed by atoms with E-state index >= 15 is 0 Å². The van der Waals surface area contributed by atoms with E-state index in [0.717, 1.165) is 25.1 Å². The molecule has 1 saturated heterocycles. The highest BCUT2D eigenvalue weighted by Gasteiger charge is 2.21. The highest BCUT2D eigenvalue weighted by atomic mass is 16.5. The van der Waals surface area contributed by atoms with Gasteiger partial charge in [0.25, 0.3) is 0 Å². The minimum atomic E-state index is 0.114. The van der Waals surface area contributed by atoms with Gasteiger partial charge in [0, 0.05) is 31.5 Å². The number of amidine groups is 1. The second kappa shape index (κ2) is 4.53. The number of methoxy groups -OCH3 is 1. The van der Waals surface area contributed by atoms with E-state index in [9.17, 15) is 0 Å². The second-order valence-electron chi connectivity index (χ2n) is 4.05. The van der Waals surface area contributed by atoms with Gasteiger partial charge in [-0.05, 0) is 30.7 Å². The minimum absolute atomic E-state index is 0.114. The van der Waals surface area contributed by atoms with Gasteiger partial charge in [-0.25, -0.2) is 0 Å². The molecule has 86 valence electrons. The number of nitrogens with one attached hydrogen (secondary N) is 1. The Morgan fingerprint density at radius 3 is 2.62 bits per heavy atom. The van der Waals surface area contributed by atoms with Gasteiger partial charge in [-0.1, -0.05) is 0 Å². The van der Waals surface area contributed by atoms with Gasteiger partial charge in [-0.3, -0.25) is 5.41 Å². The van der Waals surface area contributed by atoms with Crippen LogP contribution >= 0.6 is 0 Å². The molecule has 0 bridgehead atoms. The van der Waals surface area contributed by atoms with Crippen molar-refractivity contribution in [1.29, 1.82) is 5.41 Å². The van der Waals surface area contributed by atoms with Crippen LogP contribution in [0.1, 0.15) is 12.0 Å². The van der Waals surface area contributed by atoms with E-state index in [1.165, 1.54) is 5.69 Å². The summed E-state index contributed by atoms with van der Waals surface area (Å²) in [6, 6.07) is 7.79. The van der Waals surface area contributed by atoms with Crippen LogP contribution in [-0.4, -0.2) is 32.1 Å². The van der Waals surface area contributed by atoms with Gasteiger partial charge in [0.15, 0.2) is 0 Å². The molecule has 0 aliphatic carbocycles. The summed E-state index contributed by atoms with van der Waals surface area (Å²) in [5.41, 5.74) is 7.35. The van der Waals surface area contributed by atoms with Crippen molar-refractivity contribution in [3.05, 3.63) is 29.8 Å². The zero-order chi connectivity index (χ0) is 11.5. The van der Waals surface area contributed by atoms with Crippen LogP contribution in [0.5, 0.6) is 0 Å². The molecule has 1 aromatic rings. The Balaban J connectivity index is 2.08. The maximum atomic E-state index is 7.32. The lowest BCUT2D eigenvalue weighted by atomic mass is 10.2. The molecule has 0 radical (unpaired) electrons. The number of ether oxygens (including phenoxy) is 1. The summed E-state index contributed by atoms with van der Waals surface area (Å²) >= 11 is 0. The van der Waals surface area contributed by atoms with Gasteiger partial charge >= 0.3 is 0 Å². The maximum absolute atomic E-state index is 7.32. The molecule has 3 N–H and O–H groups in total. The number of hydrogen-bond donors (Lipinski definition) is 2. The molecule has 1 aliphatic heterocycles. The van der Waals surface area contributed by atoms with Gasteiger partial charge in [-0.2, -0.15) is 0 Å². The van der Waals surface area contributed by atoms with E-state index in [4.69, 9.17) is 15.9 Å². The number of benzene rings is 1. The van der Waals surface area contributed by atoms with Crippen molar-refractivity contribution in [2.75, 3.05) is 25.1 Å². The summed E-state index contributed by atoms with van der Waals surface area (Å²) in [6.45, 7) is 1.97. The smallest absolute Gasteiger partial charge is 0.122 e. The van der Waals surface area contributed by atoms with Crippen LogP contribution in [0.2, 0.25) is 0 Å². The molecule has 1 aromatic carbocycles. The molecule has 1 heterocycles. The van der Waals surface area contributed by atoms with Crippen molar-refractivity contribution >= 4 is 11.5 Å². The molecule has 4 heteroatoms. The van der Waals surface area contributed by atoms with E-state index in [2.05, 4.69) is 4.90 Å². The lowest BCUT2D eigenvalue weighted by Gasteiger charge is -2.18. The van der Waals surface area contributed by atoms with Crippen LogP contribution in [0.25, 0.3) is 0 Å². The standard InChI is InChI=1S/C12H17N3O/c1-16-11-6-7-15(8-11)10-4-2-9(3-5-10)12(13)14/h2-5,11H,6-8H2,1H3,(H3,13,14). The molecule has 0 amide bonds. The molecule has 2 rings (SSSR count). The fourth-order valence-electron chi connectivity index (χ4n) is 2.01. The number of hydrogen-bond acceptors (Lipinski definition) is 3. The molecule has 4 nitrogen and oxygen atoms in total. The van der Waals surface area contributed by atoms with E-state index in [1.807, 2.05) is 24.3 Å². The van der Waals surface area contributed by atoms with Crippen LogP contribution < -0.4 is 10.6 Å². The van der Waals surface area contributed by atoms with Crippen molar-refractivity contribution in [2.24, 2.45) is 5.73 Å². The number of nitrogens with zero attached hydrogens (tertiary/aromatic N) is 1. The fourth-order valence-corrected chi connectivity index (χ4v) is 2.01. The third kappa shape index (κ3) is 2.17. The number of anilines is 1. The van der Waals surface area contributed by atoms with Gasteiger partial charge in [0.05, 0.1) is 6.10 Å². The summed E-state index contributed by atoms with van der Waals surface area (Å²) < 4.78 is 5.33. The Morgan fingerprint density at radius 2 is 2.12 bits per heavy atom. The molecule has 0 saturated carbocycles. The number of nitrogens with two attached hydrogens (primary N) is 1. The summed E-state index contributed by atoms with van der Waals surface area (Å²) in [7, 11) is 1.76. The zero-order valence-corrected chi connectivity index (χ0v) is 9.44. The number of nitrogen functional groups attached to an aromatic ring is 1. The first kappa shape index (κ1) is 11.0. The molecular formula is C12H17N3O. The Morgan fingerprint density at radius 1 is 1.44 bits per heavy atom. The van der Waals surface area contributed by atoms with Crippen LogP contribution in [-0.2, 0) is 4.74 Å². The molecule has 0 spiro atoms. The minimum Gasteiger partial charge on any atom is -0.384 e. The van der Waals surface area contributed by atoms with Gasteiger partial charge in [-0.15, -0.1) is 0 Å². The molecule has 1 atom stereocenters. The van der Waals surface area contributed by atoms with Crippen LogP contribution in [0, 0.1) is 5.41 Å². The topological polar surface area (TPSA) is 62.3 Å². The van der Waals surface area contributed by atoms with Crippen LogP contribution in [0.3, 0.4) is 0 Å². The van der Waals surface area contributed by atoms with Crippen molar-refractivity contribution < 1.29 is 4.74 Å².